The van der Waals surface area contributed by atoms with Crippen LogP contribution >= 0.6 is 0 Å². The second-order valence-electron chi connectivity index (χ2n) is 6.28. The fourth-order valence-corrected chi connectivity index (χ4v) is 2.86. The van der Waals surface area contributed by atoms with Crippen molar-refractivity contribution in [3.05, 3.63) is 66.1 Å². The van der Waals surface area contributed by atoms with Crippen LogP contribution in [0, 0.1) is 11.7 Å². The summed E-state index contributed by atoms with van der Waals surface area (Å²) in [6.45, 7) is 1.86. The molecule has 2 aromatic carbocycles. The highest BCUT2D eigenvalue weighted by molar-refractivity contribution is 5.64. The van der Waals surface area contributed by atoms with Crippen molar-refractivity contribution in [2.45, 2.75) is 6.61 Å². The van der Waals surface area contributed by atoms with Gasteiger partial charge in [0.15, 0.2) is 0 Å². The molecule has 5 nitrogen and oxygen atoms in total. The fraction of sp³-hybridized carbons (Fsp3) is 0.250. The molecule has 0 atom stereocenters. The van der Waals surface area contributed by atoms with Crippen LogP contribution in [0.25, 0.3) is 16.9 Å². The van der Waals surface area contributed by atoms with Crippen LogP contribution in [0.2, 0.25) is 0 Å². The van der Waals surface area contributed by atoms with Crippen molar-refractivity contribution in [1.82, 2.24) is 9.78 Å². The highest BCUT2D eigenvalue weighted by atomic mass is 19.1. The molecule has 0 saturated carbocycles. The number of rotatable bonds is 6. The first-order valence-corrected chi connectivity index (χ1v) is 8.50. The molecule has 1 N–H and O–H groups in total. The molecule has 1 saturated heterocycles. The van der Waals surface area contributed by atoms with Crippen LogP contribution in [-0.4, -0.2) is 34.7 Å². The maximum Gasteiger partial charge on any atom is 0.148 e. The second kappa shape index (κ2) is 7.27. The molecule has 3 aromatic rings. The molecule has 1 fully saturated rings. The normalized spacial score (nSPS) is 14.2. The third kappa shape index (κ3) is 3.34. The van der Waals surface area contributed by atoms with Crippen molar-refractivity contribution >= 4 is 0 Å². The molecule has 26 heavy (non-hydrogen) atoms. The largest absolute Gasteiger partial charge is 0.493 e. The van der Waals surface area contributed by atoms with Gasteiger partial charge in [-0.05, 0) is 30.3 Å². The fourth-order valence-electron chi connectivity index (χ4n) is 2.86. The highest BCUT2D eigenvalue weighted by Crippen LogP contribution is 2.28. The lowest BCUT2D eigenvalue weighted by Crippen LogP contribution is -2.32. The molecular formula is C20H19FN2O3. The number of ether oxygens (including phenoxy) is 2. The second-order valence-corrected chi connectivity index (χ2v) is 6.28. The van der Waals surface area contributed by atoms with Gasteiger partial charge in [0.25, 0.3) is 0 Å². The number of para-hydroxylation sites is 1. The van der Waals surface area contributed by atoms with Gasteiger partial charge in [-0.25, -0.2) is 9.07 Å². The van der Waals surface area contributed by atoms with E-state index in [4.69, 9.17) is 9.47 Å². The SMILES string of the molecule is OCc1cc(-c2cccc(OCC3COC3)c2)n(-c2ccccc2F)n1. The van der Waals surface area contributed by atoms with Gasteiger partial charge in [-0.1, -0.05) is 24.3 Å². The van der Waals surface area contributed by atoms with Gasteiger partial charge in [0, 0.05) is 11.5 Å². The van der Waals surface area contributed by atoms with Crippen molar-refractivity contribution in [2.24, 2.45) is 5.92 Å². The first kappa shape index (κ1) is 16.8. The zero-order chi connectivity index (χ0) is 17.9. The number of nitrogens with zero attached hydrogens (tertiary/aromatic N) is 2. The standard InChI is InChI=1S/C20H19FN2O3/c21-18-6-1-2-7-19(18)23-20(9-16(10-24)22-23)15-4-3-5-17(8-15)26-13-14-11-25-12-14/h1-9,14,24H,10-13H2. The van der Waals surface area contributed by atoms with E-state index in [-0.39, 0.29) is 12.4 Å². The molecule has 4 rings (SSSR count). The number of aliphatic hydroxyl groups is 1. The molecule has 1 aliphatic heterocycles. The van der Waals surface area contributed by atoms with Crippen LogP contribution in [0.3, 0.4) is 0 Å². The predicted octanol–water partition coefficient (Wildman–Crippen LogP) is 3.20. The van der Waals surface area contributed by atoms with E-state index in [1.165, 1.54) is 10.7 Å². The molecular weight excluding hydrogens is 335 g/mol. The van der Waals surface area contributed by atoms with Gasteiger partial charge < -0.3 is 14.6 Å². The summed E-state index contributed by atoms with van der Waals surface area (Å²) < 4.78 is 26.8. The van der Waals surface area contributed by atoms with Crippen LogP contribution in [0.15, 0.2) is 54.6 Å². The maximum atomic E-state index is 14.3. The first-order chi connectivity index (χ1) is 12.7. The Balaban J connectivity index is 1.68. The Morgan fingerprint density at radius 1 is 1.15 bits per heavy atom. The van der Waals surface area contributed by atoms with Crippen LogP contribution in [0.5, 0.6) is 5.75 Å². The Kier molecular flexibility index (Phi) is 4.69. The Morgan fingerprint density at radius 3 is 2.73 bits per heavy atom. The zero-order valence-corrected chi connectivity index (χ0v) is 14.1. The van der Waals surface area contributed by atoms with Gasteiger partial charge in [0.05, 0.1) is 37.8 Å². The monoisotopic (exact) mass is 354 g/mol. The van der Waals surface area contributed by atoms with E-state index < -0.39 is 0 Å². The maximum absolute atomic E-state index is 14.3. The smallest absolute Gasteiger partial charge is 0.148 e. The van der Waals surface area contributed by atoms with E-state index in [0.717, 1.165) is 24.5 Å². The first-order valence-electron chi connectivity index (χ1n) is 8.50. The molecule has 0 unspecified atom stereocenters. The minimum atomic E-state index is -0.376. The van der Waals surface area contributed by atoms with Gasteiger partial charge in [-0.15, -0.1) is 0 Å². The number of benzene rings is 2. The average Bonchev–Trinajstić information content (AvgIpc) is 3.05. The summed E-state index contributed by atoms with van der Waals surface area (Å²) in [4.78, 5) is 0. The minimum Gasteiger partial charge on any atom is -0.493 e. The lowest BCUT2D eigenvalue weighted by atomic mass is 10.1. The zero-order valence-electron chi connectivity index (χ0n) is 14.1. The van der Waals surface area contributed by atoms with E-state index in [0.29, 0.717) is 29.6 Å². The van der Waals surface area contributed by atoms with E-state index in [1.807, 2.05) is 24.3 Å². The Bertz CT molecular complexity index is 906. The van der Waals surface area contributed by atoms with Gasteiger partial charge in [-0.3, -0.25) is 0 Å². The summed E-state index contributed by atoms with van der Waals surface area (Å²) in [6.07, 6.45) is 0. The van der Waals surface area contributed by atoms with Crippen molar-refractivity contribution in [2.75, 3.05) is 19.8 Å². The Hall–Kier alpha value is -2.70. The molecule has 6 heteroatoms. The van der Waals surface area contributed by atoms with Crippen molar-refractivity contribution in [3.63, 3.8) is 0 Å². The van der Waals surface area contributed by atoms with Crippen LogP contribution in [0.4, 0.5) is 4.39 Å². The molecule has 134 valence electrons. The Morgan fingerprint density at radius 2 is 2.00 bits per heavy atom. The van der Waals surface area contributed by atoms with Crippen molar-refractivity contribution in [3.8, 4) is 22.7 Å². The van der Waals surface area contributed by atoms with Gasteiger partial charge in [0.2, 0.25) is 0 Å². The van der Waals surface area contributed by atoms with Crippen LogP contribution in [-0.2, 0) is 11.3 Å². The van der Waals surface area contributed by atoms with Crippen LogP contribution < -0.4 is 4.74 Å². The lowest BCUT2D eigenvalue weighted by Gasteiger charge is -2.25. The molecule has 0 amide bonds. The quantitative estimate of drug-likeness (QED) is 0.739. The van der Waals surface area contributed by atoms with E-state index in [9.17, 15) is 9.50 Å². The lowest BCUT2D eigenvalue weighted by molar-refractivity contribution is -0.0508. The van der Waals surface area contributed by atoms with Gasteiger partial charge in [-0.2, -0.15) is 5.10 Å². The number of hydrogen-bond acceptors (Lipinski definition) is 4. The highest BCUT2D eigenvalue weighted by Gasteiger charge is 2.19. The summed E-state index contributed by atoms with van der Waals surface area (Å²) >= 11 is 0. The minimum absolute atomic E-state index is 0.216. The number of halogens is 1. The molecule has 0 bridgehead atoms. The Labute approximate surface area is 150 Å². The number of aliphatic hydroxyl groups excluding tert-OH is 1. The molecule has 0 spiro atoms. The average molecular weight is 354 g/mol. The summed E-state index contributed by atoms with van der Waals surface area (Å²) in [5, 5.41) is 13.8. The molecule has 2 heterocycles. The molecule has 0 aliphatic carbocycles. The van der Waals surface area contributed by atoms with Crippen molar-refractivity contribution < 1.29 is 19.0 Å². The van der Waals surface area contributed by atoms with E-state index in [2.05, 4.69) is 5.10 Å². The van der Waals surface area contributed by atoms with Crippen molar-refractivity contribution in [1.29, 1.82) is 0 Å². The van der Waals surface area contributed by atoms with Gasteiger partial charge >= 0.3 is 0 Å². The number of aromatic nitrogens is 2. The molecule has 1 aromatic heterocycles. The molecule has 0 radical (unpaired) electrons. The number of hydrogen-bond donors (Lipinski definition) is 1. The summed E-state index contributed by atoms with van der Waals surface area (Å²) in [5.74, 6) is 0.795. The van der Waals surface area contributed by atoms with Crippen LogP contribution in [0.1, 0.15) is 5.69 Å². The van der Waals surface area contributed by atoms with Gasteiger partial charge in [0.1, 0.15) is 17.3 Å². The third-order valence-corrected chi connectivity index (χ3v) is 4.33. The van der Waals surface area contributed by atoms with E-state index >= 15 is 0 Å². The summed E-state index contributed by atoms with van der Waals surface area (Å²) in [7, 11) is 0. The van der Waals surface area contributed by atoms with E-state index in [1.54, 1.807) is 24.3 Å². The summed E-state index contributed by atoms with van der Waals surface area (Å²) in [6, 6.07) is 15.8. The summed E-state index contributed by atoms with van der Waals surface area (Å²) in [5.41, 5.74) is 2.33. The predicted molar refractivity (Wildman–Crippen MR) is 94.7 cm³/mol. The molecule has 1 aliphatic rings. The topological polar surface area (TPSA) is 56.5 Å². The third-order valence-electron chi connectivity index (χ3n) is 4.33.